The summed E-state index contributed by atoms with van der Waals surface area (Å²) in [6.45, 7) is -0.399. The molecule has 0 N–H and O–H groups in total. The molecule has 1 aromatic heterocycles. The normalized spacial score (nSPS) is 11.6. The number of halogens is 3. The van der Waals surface area contributed by atoms with E-state index in [4.69, 9.17) is 0 Å². The highest BCUT2D eigenvalue weighted by Crippen LogP contribution is 2.15. The van der Waals surface area contributed by atoms with Crippen LogP contribution in [0.4, 0.5) is 13.2 Å². The summed E-state index contributed by atoms with van der Waals surface area (Å²) < 4.78 is 39.6. The van der Waals surface area contributed by atoms with Crippen molar-refractivity contribution >= 4 is 6.29 Å². The van der Waals surface area contributed by atoms with Crippen molar-refractivity contribution in [1.82, 2.24) is 4.57 Å². The molecule has 3 nitrogen and oxygen atoms in total. The van der Waals surface area contributed by atoms with Gasteiger partial charge in [0.2, 0.25) is 0 Å². The molecule has 0 atom stereocenters. The Morgan fingerprint density at radius 2 is 2.21 bits per heavy atom. The average Bonchev–Trinajstić information content (AvgIpc) is 2.50. The molecule has 1 heterocycles. The van der Waals surface area contributed by atoms with Gasteiger partial charge in [0.25, 0.3) is 0 Å². The van der Waals surface area contributed by atoms with E-state index in [0.29, 0.717) is 11.8 Å². The smallest absolute Gasteiger partial charge is 0.351 e. The lowest BCUT2D eigenvalue weighted by atomic mass is 10.4. The first-order valence-electron chi connectivity index (χ1n) is 3.83. The molecule has 0 aliphatic rings. The summed E-state index contributed by atoms with van der Waals surface area (Å²) in [4.78, 5) is 10.2. The number of carbonyl (C=O) groups excluding carboxylic acids is 1. The molecule has 0 saturated heterocycles. The summed E-state index contributed by atoms with van der Waals surface area (Å²) in [5, 5.41) is 0. The van der Waals surface area contributed by atoms with Crippen LogP contribution in [0, 0.1) is 0 Å². The molecule has 1 rings (SSSR count). The van der Waals surface area contributed by atoms with E-state index in [-0.39, 0.29) is 6.54 Å². The molecular weight excluding hydrogens is 199 g/mol. The van der Waals surface area contributed by atoms with Crippen molar-refractivity contribution < 1.29 is 22.7 Å². The zero-order valence-corrected chi connectivity index (χ0v) is 7.12. The number of hydrogen-bond acceptors (Lipinski definition) is 2. The number of nitrogens with zero attached hydrogens (tertiary/aromatic N) is 1. The van der Waals surface area contributed by atoms with E-state index in [2.05, 4.69) is 4.74 Å². The zero-order valence-electron chi connectivity index (χ0n) is 7.12. The molecule has 0 aromatic carbocycles. The van der Waals surface area contributed by atoms with Crippen LogP contribution >= 0.6 is 0 Å². The Morgan fingerprint density at radius 3 is 2.71 bits per heavy atom. The topological polar surface area (TPSA) is 31.2 Å². The lowest BCUT2D eigenvalue weighted by molar-refractivity contribution is -0.325. The largest absolute Gasteiger partial charge is 0.522 e. The second-order valence-electron chi connectivity index (χ2n) is 2.59. The maximum absolute atomic E-state index is 11.5. The Morgan fingerprint density at radius 1 is 1.50 bits per heavy atom. The van der Waals surface area contributed by atoms with Crippen molar-refractivity contribution in [3.05, 3.63) is 24.0 Å². The molecule has 78 valence electrons. The summed E-state index contributed by atoms with van der Waals surface area (Å²) in [6, 6.07) is 1.51. The van der Waals surface area contributed by atoms with Crippen molar-refractivity contribution in [2.75, 3.05) is 6.61 Å². The molecule has 1 aromatic rings. The van der Waals surface area contributed by atoms with Crippen LogP contribution in [-0.2, 0) is 11.3 Å². The highest BCUT2D eigenvalue weighted by atomic mass is 19.4. The third-order valence-electron chi connectivity index (χ3n) is 1.52. The van der Waals surface area contributed by atoms with Gasteiger partial charge >= 0.3 is 6.36 Å². The first kappa shape index (κ1) is 10.8. The number of alkyl halides is 3. The SMILES string of the molecule is O=Cc1ccn(CCOC(F)(F)F)c1. The van der Waals surface area contributed by atoms with Crippen molar-refractivity contribution in [2.45, 2.75) is 12.9 Å². The number of ether oxygens (including phenoxy) is 1. The van der Waals surface area contributed by atoms with Gasteiger partial charge in [-0.25, -0.2) is 0 Å². The molecule has 0 spiro atoms. The minimum absolute atomic E-state index is 0.0628. The molecule has 0 aliphatic heterocycles. The van der Waals surface area contributed by atoms with E-state index in [1.165, 1.54) is 23.0 Å². The van der Waals surface area contributed by atoms with E-state index in [1.807, 2.05) is 0 Å². The molecule has 6 heteroatoms. The van der Waals surface area contributed by atoms with E-state index in [0.717, 1.165) is 0 Å². The molecule has 0 amide bonds. The molecule has 0 fully saturated rings. The Kier molecular flexibility index (Phi) is 3.29. The maximum atomic E-state index is 11.5. The van der Waals surface area contributed by atoms with Gasteiger partial charge in [-0.1, -0.05) is 0 Å². The Labute approximate surface area is 78.1 Å². The fourth-order valence-electron chi connectivity index (χ4n) is 0.935. The predicted molar refractivity (Wildman–Crippen MR) is 41.8 cm³/mol. The van der Waals surface area contributed by atoms with Gasteiger partial charge in [0, 0.05) is 24.5 Å². The molecular formula is C8H8F3NO2. The van der Waals surface area contributed by atoms with Gasteiger partial charge in [0.05, 0.1) is 6.61 Å². The van der Waals surface area contributed by atoms with Crippen molar-refractivity contribution in [2.24, 2.45) is 0 Å². The predicted octanol–water partition coefficient (Wildman–Crippen LogP) is 1.84. The van der Waals surface area contributed by atoms with Crippen LogP contribution in [0.5, 0.6) is 0 Å². The monoisotopic (exact) mass is 207 g/mol. The lowest BCUT2D eigenvalue weighted by Gasteiger charge is -2.07. The number of carbonyl (C=O) groups is 1. The van der Waals surface area contributed by atoms with Crippen molar-refractivity contribution in [1.29, 1.82) is 0 Å². The van der Waals surface area contributed by atoms with E-state index >= 15 is 0 Å². The van der Waals surface area contributed by atoms with Gasteiger partial charge in [0.15, 0.2) is 6.29 Å². The Balaban J connectivity index is 2.35. The molecule has 0 saturated carbocycles. The number of aromatic nitrogens is 1. The maximum Gasteiger partial charge on any atom is 0.522 e. The summed E-state index contributed by atoms with van der Waals surface area (Å²) >= 11 is 0. The molecule has 0 aliphatic carbocycles. The second-order valence-corrected chi connectivity index (χ2v) is 2.59. The molecule has 14 heavy (non-hydrogen) atoms. The van der Waals surface area contributed by atoms with Crippen molar-refractivity contribution in [3.8, 4) is 0 Å². The molecule has 0 bridgehead atoms. The van der Waals surface area contributed by atoms with Crippen molar-refractivity contribution in [3.63, 3.8) is 0 Å². The molecule has 0 radical (unpaired) electrons. The highest BCUT2D eigenvalue weighted by Gasteiger charge is 2.28. The van der Waals surface area contributed by atoms with Crippen LogP contribution in [-0.4, -0.2) is 23.8 Å². The zero-order chi connectivity index (χ0) is 10.6. The van der Waals surface area contributed by atoms with Crippen LogP contribution < -0.4 is 0 Å². The van der Waals surface area contributed by atoms with Gasteiger partial charge in [-0.15, -0.1) is 13.2 Å². The third kappa shape index (κ3) is 3.61. The van der Waals surface area contributed by atoms with E-state index in [1.54, 1.807) is 0 Å². The first-order valence-corrected chi connectivity index (χ1v) is 3.83. The minimum atomic E-state index is -4.60. The van der Waals surface area contributed by atoms with E-state index in [9.17, 15) is 18.0 Å². The summed E-state index contributed by atoms with van der Waals surface area (Å²) in [5.74, 6) is 0. The number of aldehydes is 1. The van der Waals surface area contributed by atoms with Gasteiger partial charge in [-0.2, -0.15) is 0 Å². The highest BCUT2D eigenvalue weighted by molar-refractivity contribution is 5.74. The summed E-state index contributed by atoms with van der Waals surface area (Å²) in [7, 11) is 0. The summed E-state index contributed by atoms with van der Waals surface area (Å²) in [5.41, 5.74) is 0.428. The van der Waals surface area contributed by atoms with E-state index < -0.39 is 13.0 Å². The number of hydrogen-bond donors (Lipinski definition) is 0. The fraction of sp³-hybridized carbons (Fsp3) is 0.375. The third-order valence-corrected chi connectivity index (χ3v) is 1.52. The van der Waals surface area contributed by atoms with Crippen LogP contribution in [0.15, 0.2) is 18.5 Å². The second kappa shape index (κ2) is 4.28. The van der Waals surface area contributed by atoms with Crippen LogP contribution in [0.25, 0.3) is 0 Å². The quantitative estimate of drug-likeness (QED) is 0.705. The van der Waals surface area contributed by atoms with Crippen LogP contribution in [0.1, 0.15) is 10.4 Å². The van der Waals surface area contributed by atoms with Gasteiger partial charge in [0.1, 0.15) is 0 Å². The van der Waals surface area contributed by atoms with Gasteiger partial charge < -0.3 is 4.57 Å². The lowest BCUT2D eigenvalue weighted by Crippen LogP contribution is -2.16. The van der Waals surface area contributed by atoms with Crippen LogP contribution in [0.3, 0.4) is 0 Å². The average molecular weight is 207 g/mol. The standard InChI is InChI=1S/C8H8F3NO2/c9-8(10,11)14-4-3-12-2-1-7(5-12)6-13/h1-2,5-6H,3-4H2. The Bertz CT molecular complexity index is 306. The van der Waals surface area contributed by atoms with Gasteiger partial charge in [-0.05, 0) is 6.07 Å². The number of rotatable bonds is 4. The Hall–Kier alpha value is -1.30. The van der Waals surface area contributed by atoms with Crippen LogP contribution in [0.2, 0.25) is 0 Å². The van der Waals surface area contributed by atoms with Gasteiger partial charge in [-0.3, -0.25) is 9.53 Å². The fourth-order valence-corrected chi connectivity index (χ4v) is 0.935. The first-order chi connectivity index (χ1) is 6.51. The molecule has 0 unspecified atom stereocenters. The minimum Gasteiger partial charge on any atom is -0.351 e. The summed E-state index contributed by atoms with van der Waals surface area (Å²) in [6.07, 6.45) is -1.00.